The van der Waals surface area contributed by atoms with Crippen LogP contribution in [0, 0.1) is 24.1 Å². The van der Waals surface area contributed by atoms with Crippen molar-refractivity contribution in [2.24, 2.45) is 5.92 Å². The van der Waals surface area contributed by atoms with Crippen molar-refractivity contribution in [3.63, 3.8) is 0 Å². The van der Waals surface area contributed by atoms with Crippen molar-refractivity contribution in [1.82, 2.24) is 0 Å². The number of carboxylic acids is 1. The van der Waals surface area contributed by atoms with Crippen LogP contribution in [-0.4, -0.2) is 34.8 Å². The maximum absolute atomic E-state index is 15.2. The fourth-order valence-electron chi connectivity index (χ4n) is 4.16. The van der Waals surface area contributed by atoms with Crippen molar-refractivity contribution < 1.29 is 37.0 Å². The van der Waals surface area contributed by atoms with Crippen LogP contribution in [0.15, 0.2) is 12.1 Å². The number of aliphatic carboxylic acids is 1. The molecule has 0 unspecified atom stereocenters. The van der Waals surface area contributed by atoms with E-state index in [1.807, 2.05) is 5.92 Å². The molecule has 0 radical (unpaired) electrons. The molecule has 10 heteroatoms. The third-order valence-corrected chi connectivity index (χ3v) is 6.30. The smallest absolute Gasteiger partial charge is 0.392 e. The first-order valence-electron chi connectivity index (χ1n) is 9.77. The van der Waals surface area contributed by atoms with E-state index in [0.717, 1.165) is 17.4 Å². The van der Waals surface area contributed by atoms with Crippen molar-refractivity contribution in [3.8, 4) is 18.1 Å². The van der Waals surface area contributed by atoms with Crippen molar-refractivity contribution in [3.05, 3.63) is 23.0 Å². The molecule has 5 nitrogen and oxygen atoms in total. The van der Waals surface area contributed by atoms with Gasteiger partial charge in [-0.3, -0.25) is 9.69 Å². The molecule has 0 saturated heterocycles. The molecule has 2 fully saturated rings. The van der Waals surface area contributed by atoms with Gasteiger partial charge in [-0.05, 0) is 43.7 Å². The zero-order valence-electron chi connectivity index (χ0n) is 16.3. The van der Waals surface area contributed by atoms with Crippen LogP contribution in [0.3, 0.4) is 0 Å². The SMILES string of the molecule is C#CC(=O)N(c1ccc(OC2CC(C(F)(F)F)C2)c(Cl)c1F)C1(C(=O)O)CCCCC1. The Kier molecular flexibility index (Phi) is 6.42. The van der Waals surface area contributed by atoms with Gasteiger partial charge in [0.1, 0.15) is 16.3 Å². The molecule has 2 aliphatic rings. The molecule has 1 aromatic carbocycles. The zero-order valence-corrected chi connectivity index (χ0v) is 17.1. The lowest BCUT2D eigenvalue weighted by atomic mass is 9.79. The average Bonchev–Trinajstić information content (AvgIpc) is 2.68. The van der Waals surface area contributed by atoms with Crippen molar-refractivity contribution >= 4 is 29.2 Å². The van der Waals surface area contributed by atoms with Gasteiger partial charge < -0.3 is 9.84 Å². The van der Waals surface area contributed by atoms with Gasteiger partial charge in [0.15, 0.2) is 5.82 Å². The van der Waals surface area contributed by atoms with Gasteiger partial charge in [0, 0.05) is 0 Å². The standard InChI is InChI=1S/C21H20ClF4NO4/c1-2-16(28)27(20(19(29)30)8-4-3-5-9-20)14-6-7-15(17(22)18(14)23)31-13-10-12(11-13)21(24,25)26/h1,6-7,12-13H,3-5,8-11H2,(H,29,30). The summed E-state index contributed by atoms with van der Waals surface area (Å²) in [5, 5.41) is 9.34. The summed E-state index contributed by atoms with van der Waals surface area (Å²) in [5.41, 5.74) is -2.13. The summed E-state index contributed by atoms with van der Waals surface area (Å²) >= 11 is 6.05. The van der Waals surface area contributed by atoms with Crippen LogP contribution in [0.4, 0.5) is 23.2 Å². The molecule has 0 bridgehead atoms. The number of hydrogen-bond donors (Lipinski definition) is 1. The first-order chi connectivity index (χ1) is 14.5. The number of carbonyl (C=O) groups excluding carboxylic acids is 1. The van der Waals surface area contributed by atoms with E-state index in [9.17, 15) is 27.9 Å². The number of terminal acetylenes is 1. The molecule has 0 spiro atoms. The lowest BCUT2D eigenvalue weighted by molar-refractivity contribution is -0.210. The number of carboxylic acid groups (broad SMARTS) is 1. The van der Waals surface area contributed by atoms with Crippen LogP contribution in [0.25, 0.3) is 0 Å². The van der Waals surface area contributed by atoms with Crippen LogP contribution in [0.1, 0.15) is 44.9 Å². The molecule has 2 aliphatic carbocycles. The fraction of sp³-hybridized carbons (Fsp3) is 0.524. The monoisotopic (exact) mass is 461 g/mol. The van der Waals surface area contributed by atoms with Crippen molar-refractivity contribution in [2.45, 2.75) is 62.8 Å². The number of nitrogens with zero attached hydrogens (tertiary/aromatic N) is 1. The van der Waals surface area contributed by atoms with Gasteiger partial charge in [-0.2, -0.15) is 13.2 Å². The highest BCUT2D eigenvalue weighted by molar-refractivity contribution is 6.32. The molecule has 0 atom stereocenters. The maximum atomic E-state index is 15.2. The maximum Gasteiger partial charge on any atom is 0.392 e. The second-order valence-electron chi connectivity index (χ2n) is 7.84. The van der Waals surface area contributed by atoms with E-state index in [0.29, 0.717) is 12.8 Å². The Labute approximate surface area is 181 Å². The minimum Gasteiger partial charge on any atom is -0.489 e. The Balaban J connectivity index is 1.92. The summed E-state index contributed by atoms with van der Waals surface area (Å²) in [6, 6.07) is 2.32. The normalized spacial score (nSPS) is 22.7. The van der Waals surface area contributed by atoms with Crippen LogP contribution < -0.4 is 9.64 Å². The van der Waals surface area contributed by atoms with Gasteiger partial charge in [-0.1, -0.05) is 30.9 Å². The summed E-state index contributed by atoms with van der Waals surface area (Å²) in [7, 11) is 0. The molecule has 2 saturated carbocycles. The van der Waals surface area contributed by atoms with Gasteiger partial charge in [-0.25, -0.2) is 9.18 Å². The van der Waals surface area contributed by atoms with Crippen molar-refractivity contribution in [2.75, 3.05) is 4.90 Å². The predicted octanol–water partition coefficient (Wildman–Crippen LogP) is 4.95. The van der Waals surface area contributed by atoms with E-state index in [1.165, 1.54) is 6.07 Å². The van der Waals surface area contributed by atoms with E-state index in [4.69, 9.17) is 22.8 Å². The van der Waals surface area contributed by atoms with Crippen LogP contribution in [-0.2, 0) is 9.59 Å². The Morgan fingerprint density at radius 3 is 2.35 bits per heavy atom. The number of carbonyl (C=O) groups is 2. The van der Waals surface area contributed by atoms with E-state index >= 15 is 4.39 Å². The summed E-state index contributed by atoms with van der Waals surface area (Å²) in [5.74, 6) is -3.28. The highest BCUT2D eigenvalue weighted by Crippen LogP contribution is 2.45. The van der Waals surface area contributed by atoms with E-state index in [1.54, 1.807) is 0 Å². The molecule has 168 valence electrons. The minimum atomic E-state index is -4.32. The highest BCUT2D eigenvalue weighted by atomic mass is 35.5. The van der Waals surface area contributed by atoms with E-state index in [-0.39, 0.29) is 31.4 Å². The Morgan fingerprint density at radius 1 is 1.23 bits per heavy atom. The largest absolute Gasteiger partial charge is 0.489 e. The van der Waals surface area contributed by atoms with Crippen LogP contribution >= 0.6 is 11.6 Å². The number of ether oxygens (including phenoxy) is 1. The second-order valence-corrected chi connectivity index (χ2v) is 8.22. The molecule has 0 aliphatic heterocycles. The minimum absolute atomic E-state index is 0.0893. The number of hydrogen-bond acceptors (Lipinski definition) is 3. The second kappa shape index (κ2) is 8.58. The molecule has 3 rings (SSSR count). The number of alkyl halides is 3. The number of benzene rings is 1. The van der Waals surface area contributed by atoms with Gasteiger partial charge in [0.25, 0.3) is 0 Å². The molecular formula is C21H20ClF4NO4. The number of anilines is 1. The first kappa shape index (κ1) is 23.2. The van der Waals surface area contributed by atoms with Gasteiger partial charge in [0.05, 0.1) is 17.7 Å². The zero-order chi connectivity index (χ0) is 23.0. The van der Waals surface area contributed by atoms with Crippen molar-refractivity contribution in [1.29, 1.82) is 0 Å². The Bertz CT molecular complexity index is 915. The number of halogens is 5. The molecule has 0 heterocycles. The number of rotatable bonds is 5. The molecule has 1 N–H and O–H groups in total. The first-order valence-corrected chi connectivity index (χ1v) is 10.1. The quantitative estimate of drug-likeness (QED) is 0.497. The summed E-state index contributed by atoms with van der Waals surface area (Å²) in [6.07, 6.45) is 1.56. The van der Waals surface area contributed by atoms with Gasteiger partial charge in [-0.15, -0.1) is 6.42 Å². The molecular weight excluding hydrogens is 442 g/mol. The van der Waals surface area contributed by atoms with Gasteiger partial charge in [0.2, 0.25) is 0 Å². The fourth-order valence-corrected chi connectivity index (χ4v) is 4.37. The molecule has 1 amide bonds. The predicted molar refractivity (Wildman–Crippen MR) is 104 cm³/mol. The van der Waals surface area contributed by atoms with E-state index < -0.39 is 52.1 Å². The average molecular weight is 462 g/mol. The summed E-state index contributed by atoms with van der Waals surface area (Å²) < 4.78 is 58.5. The van der Waals surface area contributed by atoms with E-state index in [2.05, 4.69) is 0 Å². The molecule has 1 aromatic rings. The highest BCUT2D eigenvalue weighted by Gasteiger charge is 2.50. The van der Waals surface area contributed by atoms with Crippen LogP contribution in [0.5, 0.6) is 5.75 Å². The lowest BCUT2D eigenvalue weighted by Gasteiger charge is -2.42. The van der Waals surface area contributed by atoms with Gasteiger partial charge >= 0.3 is 18.1 Å². The molecule has 0 aromatic heterocycles. The van der Waals surface area contributed by atoms with Crippen LogP contribution in [0.2, 0.25) is 5.02 Å². The topological polar surface area (TPSA) is 66.8 Å². The Morgan fingerprint density at radius 2 is 1.84 bits per heavy atom. The molecule has 31 heavy (non-hydrogen) atoms. The lowest BCUT2D eigenvalue weighted by Crippen LogP contribution is -2.58. The summed E-state index contributed by atoms with van der Waals surface area (Å²) in [6.45, 7) is 0. The summed E-state index contributed by atoms with van der Waals surface area (Å²) in [4.78, 5) is 25.4. The third-order valence-electron chi connectivity index (χ3n) is 5.95. The third kappa shape index (κ3) is 4.31. The Hall–Kier alpha value is -2.47. The number of amides is 1.